The summed E-state index contributed by atoms with van der Waals surface area (Å²) >= 11 is 0. The molecule has 1 atom stereocenters. The van der Waals surface area contributed by atoms with E-state index >= 15 is 0 Å². The van der Waals surface area contributed by atoms with E-state index in [2.05, 4.69) is 15.3 Å². The summed E-state index contributed by atoms with van der Waals surface area (Å²) in [5, 5.41) is 11.8. The summed E-state index contributed by atoms with van der Waals surface area (Å²) < 4.78 is 0. The van der Waals surface area contributed by atoms with E-state index < -0.39 is 6.04 Å². The van der Waals surface area contributed by atoms with Crippen LogP contribution in [0.3, 0.4) is 0 Å². The topological polar surface area (TPSA) is 101 Å². The molecule has 0 aliphatic rings. The first-order chi connectivity index (χ1) is 9.15. The van der Waals surface area contributed by atoms with Crippen LogP contribution in [0.1, 0.15) is 5.56 Å². The molecule has 1 amide bonds. The van der Waals surface area contributed by atoms with E-state index in [0.29, 0.717) is 12.2 Å². The lowest BCUT2D eigenvalue weighted by atomic mass is 10.1. The van der Waals surface area contributed by atoms with E-state index in [1.807, 2.05) is 0 Å². The van der Waals surface area contributed by atoms with Crippen LogP contribution in [-0.4, -0.2) is 27.0 Å². The number of nitrogens with zero attached hydrogens (tertiary/aromatic N) is 2. The molecule has 0 saturated heterocycles. The van der Waals surface area contributed by atoms with Gasteiger partial charge in [0, 0.05) is 12.4 Å². The van der Waals surface area contributed by atoms with Crippen LogP contribution in [0.2, 0.25) is 0 Å². The highest BCUT2D eigenvalue weighted by molar-refractivity contribution is 5.93. The van der Waals surface area contributed by atoms with Crippen LogP contribution >= 0.6 is 0 Å². The summed E-state index contributed by atoms with van der Waals surface area (Å²) in [6.45, 7) is 0. The monoisotopic (exact) mass is 258 g/mol. The predicted molar refractivity (Wildman–Crippen MR) is 70.4 cm³/mol. The third-order valence-electron chi connectivity index (χ3n) is 2.54. The fourth-order valence-electron chi connectivity index (χ4n) is 1.56. The number of anilines is 1. The molecular formula is C13H14N4O2. The van der Waals surface area contributed by atoms with E-state index in [9.17, 15) is 4.79 Å². The third-order valence-corrected chi connectivity index (χ3v) is 2.54. The molecule has 1 aromatic heterocycles. The van der Waals surface area contributed by atoms with Crippen molar-refractivity contribution in [2.24, 2.45) is 5.73 Å². The number of phenolic OH excluding ortho intramolecular Hbond substituents is 1. The van der Waals surface area contributed by atoms with Gasteiger partial charge in [-0.1, -0.05) is 12.1 Å². The van der Waals surface area contributed by atoms with Crippen LogP contribution < -0.4 is 11.1 Å². The number of aromatic nitrogens is 2. The summed E-state index contributed by atoms with van der Waals surface area (Å²) in [6.07, 6.45) is 4.84. The second kappa shape index (κ2) is 5.92. The van der Waals surface area contributed by atoms with Gasteiger partial charge in [-0.3, -0.25) is 9.78 Å². The van der Waals surface area contributed by atoms with Gasteiger partial charge < -0.3 is 16.2 Å². The van der Waals surface area contributed by atoms with Gasteiger partial charge in [0.25, 0.3) is 0 Å². The molecule has 0 aliphatic heterocycles. The molecule has 0 saturated carbocycles. The summed E-state index contributed by atoms with van der Waals surface area (Å²) in [5.41, 5.74) is 6.69. The highest BCUT2D eigenvalue weighted by Gasteiger charge is 2.14. The Labute approximate surface area is 110 Å². The van der Waals surface area contributed by atoms with Crippen molar-refractivity contribution in [1.82, 2.24) is 9.97 Å². The lowest BCUT2D eigenvalue weighted by Gasteiger charge is -2.11. The van der Waals surface area contributed by atoms with Gasteiger partial charge in [0.2, 0.25) is 5.91 Å². The van der Waals surface area contributed by atoms with Crippen molar-refractivity contribution >= 4 is 11.7 Å². The Bertz CT molecular complexity index is 542. The Balaban J connectivity index is 1.94. The Hall–Kier alpha value is -2.47. The molecule has 6 heteroatoms. The molecule has 0 fully saturated rings. The molecule has 0 spiro atoms. The van der Waals surface area contributed by atoms with E-state index in [1.165, 1.54) is 18.6 Å². The van der Waals surface area contributed by atoms with E-state index in [1.54, 1.807) is 24.3 Å². The molecule has 98 valence electrons. The Kier molecular flexibility index (Phi) is 4.04. The molecule has 0 bridgehead atoms. The van der Waals surface area contributed by atoms with Gasteiger partial charge in [0.05, 0.1) is 12.2 Å². The number of benzene rings is 1. The lowest BCUT2D eigenvalue weighted by molar-refractivity contribution is -0.117. The first-order valence-electron chi connectivity index (χ1n) is 5.75. The van der Waals surface area contributed by atoms with Gasteiger partial charge in [0.15, 0.2) is 5.82 Å². The number of phenols is 1. The van der Waals surface area contributed by atoms with Crippen molar-refractivity contribution in [2.45, 2.75) is 12.5 Å². The van der Waals surface area contributed by atoms with Crippen LogP contribution in [0.25, 0.3) is 0 Å². The number of aromatic hydroxyl groups is 1. The average molecular weight is 258 g/mol. The molecule has 2 rings (SSSR count). The predicted octanol–water partition coefficient (Wildman–Crippen LogP) is 0.691. The minimum atomic E-state index is -0.688. The second-order valence-corrected chi connectivity index (χ2v) is 4.06. The number of nitrogens with one attached hydrogen (secondary N) is 1. The molecule has 19 heavy (non-hydrogen) atoms. The van der Waals surface area contributed by atoms with Crippen LogP contribution in [0.5, 0.6) is 5.75 Å². The molecular weight excluding hydrogens is 244 g/mol. The quantitative estimate of drug-likeness (QED) is 0.749. The number of nitrogens with two attached hydrogens (primary N) is 1. The second-order valence-electron chi connectivity index (χ2n) is 4.06. The van der Waals surface area contributed by atoms with Crippen LogP contribution in [0.4, 0.5) is 5.82 Å². The number of amides is 1. The number of rotatable bonds is 4. The summed E-state index contributed by atoms with van der Waals surface area (Å²) in [4.78, 5) is 19.6. The minimum Gasteiger partial charge on any atom is -0.508 e. The van der Waals surface area contributed by atoms with Crippen LogP contribution in [0.15, 0.2) is 42.9 Å². The molecule has 4 N–H and O–H groups in total. The van der Waals surface area contributed by atoms with Gasteiger partial charge in [-0.2, -0.15) is 0 Å². The largest absolute Gasteiger partial charge is 0.508 e. The Morgan fingerprint density at radius 2 is 2.05 bits per heavy atom. The van der Waals surface area contributed by atoms with Gasteiger partial charge in [-0.15, -0.1) is 0 Å². The first-order valence-corrected chi connectivity index (χ1v) is 5.75. The zero-order chi connectivity index (χ0) is 13.7. The SMILES string of the molecule is N[C@@H](Cc1ccc(O)cc1)C(=O)Nc1cnccn1. The average Bonchev–Trinajstić information content (AvgIpc) is 2.42. The van der Waals surface area contributed by atoms with E-state index in [-0.39, 0.29) is 11.7 Å². The highest BCUT2D eigenvalue weighted by atomic mass is 16.3. The summed E-state index contributed by atoms with van der Waals surface area (Å²) in [5.74, 6) is 0.226. The zero-order valence-electron chi connectivity index (χ0n) is 10.2. The first kappa shape index (κ1) is 13.0. The Morgan fingerprint density at radius 1 is 1.32 bits per heavy atom. The minimum absolute atomic E-state index is 0.182. The number of hydrogen-bond acceptors (Lipinski definition) is 5. The normalized spacial score (nSPS) is 11.8. The zero-order valence-corrected chi connectivity index (χ0v) is 10.2. The van der Waals surface area contributed by atoms with Crippen molar-refractivity contribution in [3.05, 3.63) is 48.4 Å². The lowest BCUT2D eigenvalue weighted by Crippen LogP contribution is -2.37. The number of hydrogen-bond donors (Lipinski definition) is 3. The van der Waals surface area contributed by atoms with Gasteiger partial charge in [0.1, 0.15) is 5.75 Å². The summed E-state index contributed by atoms with van der Waals surface area (Å²) in [6, 6.07) is 5.88. The highest BCUT2D eigenvalue weighted by Crippen LogP contribution is 2.11. The maximum Gasteiger partial charge on any atom is 0.242 e. The van der Waals surface area contributed by atoms with E-state index in [4.69, 9.17) is 10.8 Å². The maximum atomic E-state index is 11.8. The van der Waals surface area contributed by atoms with Crippen molar-refractivity contribution in [1.29, 1.82) is 0 Å². The van der Waals surface area contributed by atoms with Crippen molar-refractivity contribution in [2.75, 3.05) is 5.32 Å². The fourth-order valence-corrected chi connectivity index (χ4v) is 1.56. The summed E-state index contributed by atoms with van der Waals surface area (Å²) in [7, 11) is 0. The van der Waals surface area contributed by atoms with Crippen LogP contribution in [-0.2, 0) is 11.2 Å². The number of carbonyl (C=O) groups is 1. The molecule has 0 radical (unpaired) electrons. The molecule has 0 unspecified atom stereocenters. The molecule has 6 nitrogen and oxygen atoms in total. The van der Waals surface area contributed by atoms with Crippen molar-refractivity contribution in [3.8, 4) is 5.75 Å². The van der Waals surface area contributed by atoms with Crippen LogP contribution in [0, 0.1) is 0 Å². The maximum absolute atomic E-state index is 11.8. The number of carbonyl (C=O) groups excluding carboxylic acids is 1. The molecule has 2 aromatic rings. The fraction of sp³-hybridized carbons (Fsp3) is 0.154. The smallest absolute Gasteiger partial charge is 0.242 e. The van der Waals surface area contributed by atoms with E-state index in [0.717, 1.165) is 5.56 Å². The van der Waals surface area contributed by atoms with Crippen molar-refractivity contribution in [3.63, 3.8) is 0 Å². The van der Waals surface area contributed by atoms with Gasteiger partial charge in [-0.05, 0) is 24.1 Å². The third kappa shape index (κ3) is 3.75. The molecule has 1 heterocycles. The standard InChI is InChI=1S/C13H14N4O2/c14-11(7-9-1-3-10(18)4-2-9)13(19)17-12-8-15-5-6-16-12/h1-6,8,11,18H,7,14H2,(H,16,17,19)/t11-/m0/s1. The Morgan fingerprint density at radius 3 is 2.68 bits per heavy atom. The van der Waals surface area contributed by atoms with Gasteiger partial charge >= 0.3 is 0 Å². The van der Waals surface area contributed by atoms with Gasteiger partial charge in [-0.25, -0.2) is 4.98 Å². The van der Waals surface area contributed by atoms with Crippen molar-refractivity contribution < 1.29 is 9.90 Å². The molecule has 1 aromatic carbocycles. The molecule has 0 aliphatic carbocycles.